The van der Waals surface area contributed by atoms with Crippen LogP contribution in [0.25, 0.3) is 10.9 Å². The number of fused-ring (bicyclic) bond motifs is 3. The molecule has 6 rings (SSSR count). The number of hydrogen-bond donors (Lipinski definition) is 3. The molecule has 10 atom stereocenters. The Morgan fingerprint density at radius 2 is 2.00 bits per heavy atom. The maximum Gasteiger partial charge on any atom is 0.235 e. The number of rotatable bonds is 3. The number of carbonyl (C=O) groups excluding carboxylic acids is 2. The average molecular weight is 507 g/mol. The van der Waals surface area contributed by atoms with E-state index in [0.717, 1.165) is 22.9 Å². The third-order valence-corrected chi connectivity index (χ3v) is 10.1. The summed E-state index contributed by atoms with van der Waals surface area (Å²) in [4.78, 5) is 31.9. The Labute approximate surface area is 218 Å². The molecule has 2 aliphatic carbocycles. The predicted octanol–water partition coefficient (Wildman–Crippen LogP) is 3.56. The van der Waals surface area contributed by atoms with Gasteiger partial charge in [-0.25, -0.2) is 0 Å². The number of carbonyl (C=O) groups is 2. The predicted molar refractivity (Wildman–Crippen MR) is 140 cm³/mol. The van der Waals surface area contributed by atoms with Crippen LogP contribution in [0.5, 0.6) is 0 Å². The van der Waals surface area contributed by atoms with Gasteiger partial charge in [0.1, 0.15) is 5.41 Å². The molecule has 3 heterocycles. The molecule has 3 fully saturated rings. The van der Waals surface area contributed by atoms with E-state index in [4.69, 9.17) is 9.47 Å². The van der Waals surface area contributed by atoms with Crippen molar-refractivity contribution >= 4 is 22.6 Å². The zero-order chi connectivity index (χ0) is 26.1. The quantitative estimate of drug-likeness (QED) is 0.336. The summed E-state index contributed by atoms with van der Waals surface area (Å²) >= 11 is 0. The van der Waals surface area contributed by atoms with Gasteiger partial charge in [0.15, 0.2) is 5.78 Å². The lowest BCUT2D eigenvalue weighted by atomic mass is 9.51. The Balaban J connectivity index is 1.46. The number of para-hydroxylation sites is 1. The first-order valence-corrected chi connectivity index (χ1v) is 13.7. The SMILES string of the molecule is CO[C@H]1CC(=O)[C@@]23C(=O)N[C@H](Cc4c[nH]c5ccccc45)[C@@H]2[C@@H](C)[C@]2(C)O[C@@H]2[C@H]3/C=C\C[C@@H](C)C[C@H]1O. The molecule has 0 bridgehead atoms. The van der Waals surface area contributed by atoms with E-state index in [2.05, 4.69) is 49.3 Å². The molecule has 3 N–H and O–H groups in total. The van der Waals surface area contributed by atoms with Crippen molar-refractivity contribution in [1.82, 2.24) is 10.3 Å². The molecular weight excluding hydrogens is 468 g/mol. The van der Waals surface area contributed by atoms with E-state index in [-0.39, 0.29) is 59.5 Å². The third kappa shape index (κ3) is 3.57. The summed E-state index contributed by atoms with van der Waals surface area (Å²) in [6, 6.07) is 7.95. The summed E-state index contributed by atoms with van der Waals surface area (Å²) in [7, 11) is 1.54. The molecule has 1 amide bonds. The standard InChI is InChI=1S/C30H38N2O5/c1-16-8-7-10-20-27-29(3,37-27)17(2)26-22(13-18-15-31-21-11-6-5-9-19(18)21)32-28(35)30(20,26)25(34)14-24(36-4)23(33)12-16/h5-7,9-11,15-17,20,22-24,26-27,31,33H,8,12-14H2,1-4H3,(H,32,35)/b10-7-/t16-,17-,20-,22-,23-,24+,26+,27-,29+,30-/m1/s1. The van der Waals surface area contributed by atoms with Crippen LogP contribution in [0.3, 0.4) is 0 Å². The van der Waals surface area contributed by atoms with Gasteiger partial charge in [-0.1, -0.05) is 44.2 Å². The Hall–Kier alpha value is -2.48. The van der Waals surface area contributed by atoms with Gasteiger partial charge in [-0.05, 0) is 49.7 Å². The van der Waals surface area contributed by atoms with Crippen molar-refractivity contribution in [2.75, 3.05) is 7.11 Å². The fraction of sp³-hybridized carbons (Fsp3) is 0.600. The summed E-state index contributed by atoms with van der Waals surface area (Å²) < 4.78 is 12.0. The third-order valence-electron chi connectivity index (χ3n) is 10.1. The number of benzene rings is 1. The lowest BCUT2D eigenvalue weighted by Gasteiger charge is -2.46. The lowest BCUT2D eigenvalue weighted by Crippen LogP contribution is -2.59. The van der Waals surface area contributed by atoms with Crippen LogP contribution in [-0.2, 0) is 25.5 Å². The molecule has 1 aromatic carbocycles. The van der Waals surface area contributed by atoms with Crippen molar-refractivity contribution < 1.29 is 24.2 Å². The van der Waals surface area contributed by atoms with Gasteiger partial charge in [0.2, 0.25) is 5.91 Å². The van der Waals surface area contributed by atoms with Gasteiger partial charge < -0.3 is 24.9 Å². The first kappa shape index (κ1) is 24.8. The second-order valence-corrected chi connectivity index (χ2v) is 12.0. The molecule has 7 heteroatoms. The molecule has 37 heavy (non-hydrogen) atoms. The smallest absolute Gasteiger partial charge is 0.235 e. The van der Waals surface area contributed by atoms with Crippen molar-refractivity contribution in [3.05, 3.63) is 48.2 Å². The van der Waals surface area contributed by atoms with Gasteiger partial charge in [-0.3, -0.25) is 9.59 Å². The number of ketones is 1. The highest BCUT2D eigenvalue weighted by Crippen LogP contribution is 2.66. The number of aromatic amines is 1. The number of nitrogens with one attached hydrogen (secondary N) is 2. The monoisotopic (exact) mass is 506 g/mol. The van der Waals surface area contributed by atoms with E-state index in [0.29, 0.717) is 12.8 Å². The Morgan fingerprint density at radius 1 is 1.22 bits per heavy atom. The van der Waals surface area contributed by atoms with Gasteiger partial charge >= 0.3 is 0 Å². The molecule has 1 spiro atoms. The van der Waals surface area contributed by atoms with Gasteiger partial charge in [-0.15, -0.1) is 0 Å². The molecule has 1 aromatic heterocycles. The van der Waals surface area contributed by atoms with Crippen LogP contribution in [0.2, 0.25) is 0 Å². The summed E-state index contributed by atoms with van der Waals surface area (Å²) in [5.41, 5.74) is 0.561. The van der Waals surface area contributed by atoms with Crippen LogP contribution in [0.1, 0.15) is 45.6 Å². The van der Waals surface area contributed by atoms with Gasteiger partial charge in [0.25, 0.3) is 0 Å². The maximum atomic E-state index is 14.4. The molecule has 4 aliphatic rings. The molecule has 2 aromatic rings. The molecular formula is C30H38N2O5. The lowest BCUT2D eigenvalue weighted by molar-refractivity contribution is -0.151. The number of H-pyrrole nitrogens is 1. The highest BCUT2D eigenvalue weighted by molar-refractivity contribution is 6.09. The first-order valence-electron chi connectivity index (χ1n) is 13.7. The molecule has 1 saturated carbocycles. The van der Waals surface area contributed by atoms with Gasteiger partial charge in [-0.2, -0.15) is 0 Å². The summed E-state index contributed by atoms with van der Waals surface area (Å²) in [6.07, 6.45) is 6.54. The number of aromatic nitrogens is 1. The van der Waals surface area contributed by atoms with Crippen LogP contribution in [0.4, 0.5) is 0 Å². The molecule has 0 radical (unpaired) electrons. The van der Waals surface area contributed by atoms with E-state index in [1.807, 2.05) is 24.4 Å². The van der Waals surface area contributed by atoms with Gasteiger partial charge in [0.05, 0.1) is 23.9 Å². The van der Waals surface area contributed by atoms with E-state index in [1.54, 1.807) is 0 Å². The number of Topliss-reactive ketones (excluding diaryl/α,β-unsaturated/α-hetero) is 1. The van der Waals surface area contributed by atoms with E-state index in [1.165, 1.54) is 7.11 Å². The minimum atomic E-state index is -1.25. The number of epoxide rings is 1. The minimum absolute atomic E-state index is 0.00442. The number of allylic oxidation sites excluding steroid dienone is 1. The number of ether oxygens (including phenoxy) is 2. The summed E-state index contributed by atoms with van der Waals surface area (Å²) in [6.45, 7) is 6.36. The van der Waals surface area contributed by atoms with Crippen LogP contribution >= 0.6 is 0 Å². The topological polar surface area (TPSA) is 104 Å². The number of amides is 1. The van der Waals surface area contributed by atoms with E-state index in [9.17, 15) is 14.7 Å². The van der Waals surface area contributed by atoms with Crippen LogP contribution in [0.15, 0.2) is 42.6 Å². The zero-order valence-corrected chi connectivity index (χ0v) is 22.1. The zero-order valence-electron chi connectivity index (χ0n) is 22.1. The Kier molecular flexibility index (Phi) is 5.90. The second kappa shape index (κ2) is 8.79. The van der Waals surface area contributed by atoms with Crippen molar-refractivity contribution in [2.45, 2.75) is 76.4 Å². The molecule has 0 unspecified atom stereocenters. The fourth-order valence-electron chi connectivity index (χ4n) is 7.91. The maximum absolute atomic E-state index is 14.4. The number of methoxy groups -OCH3 is 1. The summed E-state index contributed by atoms with van der Waals surface area (Å²) in [5.74, 6) is -0.717. The molecule has 2 saturated heterocycles. The van der Waals surface area contributed by atoms with Crippen LogP contribution in [-0.4, -0.2) is 58.8 Å². The molecule has 2 aliphatic heterocycles. The minimum Gasteiger partial charge on any atom is -0.390 e. The van der Waals surface area contributed by atoms with Crippen LogP contribution in [0, 0.1) is 29.1 Å². The molecule has 198 valence electrons. The van der Waals surface area contributed by atoms with Crippen molar-refractivity contribution in [3.8, 4) is 0 Å². The van der Waals surface area contributed by atoms with Gasteiger partial charge in [0, 0.05) is 48.5 Å². The van der Waals surface area contributed by atoms with E-state index >= 15 is 0 Å². The number of aliphatic hydroxyl groups is 1. The molecule has 7 nitrogen and oxygen atoms in total. The Bertz CT molecular complexity index is 1250. The average Bonchev–Trinajstić information content (AvgIpc) is 3.28. The first-order chi connectivity index (χ1) is 17.7. The largest absolute Gasteiger partial charge is 0.390 e. The van der Waals surface area contributed by atoms with E-state index < -0.39 is 17.6 Å². The fourth-order valence-corrected chi connectivity index (χ4v) is 7.91. The van der Waals surface area contributed by atoms with Crippen molar-refractivity contribution in [1.29, 1.82) is 0 Å². The van der Waals surface area contributed by atoms with Crippen molar-refractivity contribution in [2.24, 2.45) is 29.1 Å². The number of aliphatic hydroxyl groups excluding tert-OH is 1. The second-order valence-electron chi connectivity index (χ2n) is 12.0. The highest BCUT2D eigenvalue weighted by atomic mass is 16.6. The Morgan fingerprint density at radius 3 is 2.78 bits per heavy atom. The highest BCUT2D eigenvalue weighted by Gasteiger charge is 2.78. The van der Waals surface area contributed by atoms with Crippen molar-refractivity contribution in [3.63, 3.8) is 0 Å². The normalized spacial score (nSPS) is 44.4. The summed E-state index contributed by atoms with van der Waals surface area (Å²) in [5, 5.41) is 15.3. The number of hydrogen-bond acceptors (Lipinski definition) is 5. The van der Waals surface area contributed by atoms with Crippen LogP contribution < -0.4 is 5.32 Å².